The molecule has 9 heteroatoms. The van der Waals surface area contributed by atoms with E-state index in [-0.39, 0.29) is 12.2 Å². The van der Waals surface area contributed by atoms with Gasteiger partial charge in [-0.15, -0.1) is 13.2 Å². The fraction of sp³-hybridized carbons (Fsp3) is 0.200. The molecule has 0 aliphatic rings. The van der Waals surface area contributed by atoms with Gasteiger partial charge >= 0.3 is 6.36 Å². The van der Waals surface area contributed by atoms with Crippen molar-refractivity contribution in [3.8, 4) is 17.6 Å². The minimum Gasteiger partial charge on any atom is -0.490 e. The van der Waals surface area contributed by atoms with Gasteiger partial charge in [-0.05, 0) is 60.5 Å². The molecule has 5 nitrogen and oxygen atoms in total. The van der Waals surface area contributed by atoms with Crippen molar-refractivity contribution in [2.75, 3.05) is 6.61 Å². The Morgan fingerprint density at radius 3 is 2.35 bits per heavy atom. The molecule has 176 valence electrons. The van der Waals surface area contributed by atoms with Crippen molar-refractivity contribution in [1.29, 1.82) is 5.26 Å². The molecular formula is C25H20ClF3N2O3. The maximum atomic E-state index is 12.6. The predicted octanol–water partition coefficient (Wildman–Crippen LogP) is 5.92. The zero-order valence-electron chi connectivity index (χ0n) is 18.0. The molecule has 1 amide bonds. The van der Waals surface area contributed by atoms with Crippen LogP contribution < -0.4 is 14.8 Å². The molecule has 1 unspecified atom stereocenters. The molecule has 0 aromatic heterocycles. The molecule has 3 aromatic rings. The summed E-state index contributed by atoms with van der Waals surface area (Å²) in [6, 6.07) is 21.2. The van der Waals surface area contributed by atoms with Gasteiger partial charge in [0.15, 0.2) is 5.54 Å². The maximum Gasteiger partial charge on any atom is 0.573 e. The van der Waals surface area contributed by atoms with E-state index in [1.54, 1.807) is 18.2 Å². The van der Waals surface area contributed by atoms with Crippen LogP contribution in [0.1, 0.15) is 28.4 Å². The minimum absolute atomic E-state index is 0.0623. The summed E-state index contributed by atoms with van der Waals surface area (Å²) in [5, 5.41) is 12.8. The van der Waals surface area contributed by atoms with E-state index in [0.717, 1.165) is 23.3 Å². The second kappa shape index (κ2) is 10.5. The molecule has 0 aliphatic carbocycles. The summed E-state index contributed by atoms with van der Waals surface area (Å²) < 4.78 is 46.6. The number of nitriles is 1. The number of carbonyl (C=O) groups excluding carboxylic acids is 1. The highest BCUT2D eigenvalue weighted by molar-refractivity contribution is 6.30. The Kier molecular flexibility index (Phi) is 7.69. The highest BCUT2D eigenvalue weighted by atomic mass is 35.5. The number of carbonyl (C=O) groups is 1. The largest absolute Gasteiger partial charge is 0.573 e. The highest BCUT2D eigenvalue weighted by Gasteiger charge is 2.31. The second-order valence-electron chi connectivity index (χ2n) is 7.67. The van der Waals surface area contributed by atoms with E-state index in [2.05, 4.69) is 10.1 Å². The highest BCUT2D eigenvalue weighted by Crippen LogP contribution is 2.27. The average molecular weight is 489 g/mol. The first-order valence-corrected chi connectivity index (χ1v) is 10.5. The fourth-order valence-corrected chi connectivity index (χ4v) is 3.29. The van der Waals surface area contributed by atoms with Crippen LogP contribution >= 0.6 is 11.6 Å². The normalized spacial score (nSPS) is 12.8. The van der Waals surface area contributed by atoms with Crippen LogP contribution in [-0.2, 0) is 6.42 Å². The number of ether oxygens (including phenoxy) is 2. The number of halogens is 4. The third-order valence-corrected chi connectivity index (χ3v) is 5.00. The van der Waals surface area contributed by atoms with Crippen LogP contribution in [0.25, 0.3) is 0 Å². The molecular weight excluding hydrogens is 469 g/mol. The van der Waals surface area contributed by atoms with E-state index >= 15 is 0 Å². The van der Waals surface area contributed by atoms with Crippen molar-refractivity contribution < 1.29 is 27.4 Å². The van der Waals surface area contributed by atoms with Gasteiger partial charge in [-0.3, -0.25) is 4.79 Å². The lowest BCUT2D eigenvalue weighted by Crippen LogP contribution is -2.49. The molecule has 3 aromatic carbocycles. The third kappa shape index (κ3) is 7.15. The van der Waals surface area contributed by atoms with Gasteiger partial charge in [-0.25, -0.2) is 0 Å². The van der Waals surface area contributed by atoms with Crippen LogP contribution in [0.5, 0.6) is 11.5 Å². The number of rotatable bonds is 8. The molecule has 0 aliphatic heterocycles. The maximum absolute atomic E-state index is 12.6. The van der Waals surface area contributed by atoms with Crippen LogP contribution in [0.3, 0.4) is 0 Å². The van der Waals surface area contributed by atoms with Gasteiger partial charge in [0.25, 0.3) is 5.91 Å². The number of nitrogens with one attached hydrogen (secondary N) is 1. The van der Waals surface area contributed by atoms with Crippen LogP contribution in [0.4, 0.5) is 13.2 Å². The van der Waals surface area contributed by atoms with Gasteiger partial charge in [0.2, 0.25) is 0 Å². The summed E-state index contributed by atoms with van der Waals surface area (Å²) >= 11 is 6.15. The molecule has 0 heterocycles. The van der Waals surface area contributed by atoms with E-state index in [1.807, 2.05) is 36.4 Å². The third-order valence-electron chi connectivity index (χ3n) is 4.76. The lowest BCUT2D eigenvalue weighted by Gasteiger charge is -2.24. The van der Waals surface area contributed by atoms with Crippen molar-refractivity contribution >= 4 is 17.5 Å². The van der Waals surface area contributed by atoms with Gasteiger partial charge < -0.3 is 14.8 Å². The van der Waals surface area contributed by atoms with E-state index in [1.165, 1.54) is 19.1 Å². The van der Waals surface area contributed by atoms with Crippen molar-refractivity contribution in [2.45, 2.75) is 25.2 Å². The van der Waals surface area contributed by atoms with E-state index in [9.17, 15) is 23.2 Å². The van der Waals surface area contributed by atoms with Crippen LogP contribution in [0, 0.1) is 11.3 Å². The fourth-order valence-electron chi connectivity index (χ4n) is 3.09. The number of hydrogen-bond acceptors (Lipinski definition) is 4. The van der Waals surface area contributed by atoms with Gasteiger partial charge in [-0.1, -0.05) is 41.9 Å². The van der Waals surface area contributed by atoms with Gasteiger partial charge in [0, 0.05) is 17.0 Å². The number of hydrogen-bond donors (Lipinski definition) is 1. The summed E-state index contributed by atoms with van der Waals surface area (Å²) in [6.45, 7) is 1.31. The number of benzene rings is 3. The monoisotopic (exact) mass is 488 g/mol. The first kappa shape index (κ1) is 24.9. The van der Waals surface area contributed by atoms with Gasteiger partial charge in [-0.2, -0.15) is 5.26 Å². The first-order valence-electron chi connectivity index (χ1n) is 10.1. The number of nitrogens with zero attached hydrogens (tertiary/aromatic N) is 1. The quantitative estimate of drug-likeness (QED) is 0.427. The van der Waals surface area contributed by atoms with Crippen molar-refractivity contribution in [3.63, 3.8) is 0 Å². The Balaban J connectivity index is 1.69. The standard InChI is InChI=1S/C25H20ClF3N2O3/c1-24(15-30,31-23(32)18-7-10-21(11-8-18)34-25(27,28)29)16-33-22-12-9-20(26)14-19(22)13-17-5-3-2-4-6-17/h2-12,14H,13,16H2,1H3,(H,31,32). The molecule has 0 saturated carbocycles. The second-order valence-corrected chi connectivity index (χ2v) is 8.11. The molecule has 0 fully saturated rings. The molecule has 34 heavy (non-hydrogen) atoms. The van der Waals surface area contributed by atoms with Crippen LogP contribution in [-0.4, -0.2) is 24.4 Å². The molecule has 0 saturated heterocycles. The zero-order valence-corrected chi connectivity index (χ0v) is 18.8. The Bertz CT molecular complexity index is 1180. The predicted molar refractivity (Wildman–Crippen MR) is 121 cm³/mol. The smallest absolute Gasteiger partial charge is 0.490 e. The molecule has 0 radical (unpaired) electrons. The van der Waals surface area contributed by atoms with Crippen molar-refractivity contribution in [1.82, 2.24) is 5.32 Å². The number of alkyl halides is 3. The molecule has 1 atom stereocenters. The summed E-state index contributed by atoms with van der Waals surface area (Å²) in [7, 11) is 0. The summed E-state index contributed by atoms with van der Waals surface area (Å²) in [5.41, 5.74) is 0.503. The van der Waals surface area contributed by atoms with Gasteiger partial charge in [0.1, 0.15) is 18.1 Å². The van der Waals surface area contributed by atoms with Gasteiger partial charge in [0.05, 0.1) is 6.07 Å². The van der Waals surface area contributed by atoms with Crippen LogP contribution in [0.2, 0.25) is 5.02 Å². The lowest BCUT2D eigenvalue weighted by molar-refractivity contribution is -0.274. The van der Waals surface area contributed by atoms with E-state index in [0.29, 0.717) is 17.2 Å². The Hall–Kier alpha value is -3.70. The summed E-state index contributed by atoms with van der Waals surface area (Å²) in [5.74, 6) is -0.589. The Morgan fingerprint density at radius 2 is 1.74 bits per heavy atom. The average Bonchev–Trinajstić information content (AvgIpc) is 2.78. The minimum atomic E-state index is -4.83. The Labute approximate surface area is 199 Å². The Morgan fingerprint density at radius 1 is 1.06 bits per heavy atom. The SMILES string of the molecule is CC(C#N)(COc1ccc(Cl)cc1Cc1ccccc1)NC(=O)c1ccc(OC(F)(F)F)cc1. The topological polar surface area (TPSA) is 71.3 Å². The van der Waals surface area contributed by atoms with Crippen LogP contribution in [0.15, 0.2) is 72.8 Å². The zero-order chi connectivity index (χ0) is 24.8. The molecule has 0 spiro atoms. The number of amides is 1. The first-order chi connectivity index (χ1) is 16.1. The van der Waals surface area contributed by atoms with E-state index < -0.39 is 23.6 Å². The van der Waals surface area contributed by atoms with Crippen molar-refractivity contribution in [2.24, 2.45) is 0 Å². The molecule has 0 bridgehead atoms. The summed E-state index contributed by atoms with van der Waals surface area (Å²) in [4.78, 5) is 12.6. The van der Waals surface area contributed by atoms with E-state index in [4.69, 9.17) is 16.3 Å². The molecule has 1 N–H and O–H groups in total. The van der Waals surface area contributed by atoms with Crippen molar-refractivity contribution in [3.05, 3.63) is 94.5 Å². The molecule has 3 rings (SSSR count). The summed E-state index contributed by atoms with van der Waals surface area (Å²) in [6.07, 6.45) is -4.28. The lowest BCUT2D eigenvalue weighted by atomic mass is 10.0.